The van der Waals surface area contributed by atoms with Gasteiger partial charge in [-0.2, -0.15) is 0 Å². The van der Waals surface area contributed by atoms with Gasteiger partial charge in [0.15, 0.2) is 0 Å². The summed E-state index contributed by atoms with van der Waals surface area (Å²) >= 11 is 0. The zero-order valence-corrected chi connectivity index (χ0v) is 19.5. The number of nitro benzene ring substituents is 1. The SMILES string of the molecule is CCOC(=O)c1ccccc1NC(=O)OCc1cnc(-c2cc3nc(C(=O)O)c(=O)[nH]c3cc2[N+](=O)[O-])[nH]1. The molecule has 0 fully saturated rings. The molecule has 4 N–H and O–H groups in total. The van der Waals surface area contributed by atoms with Crippen LogP contribution < -0.4 is 10.9 Å². The highest BCUT2D eigenvalue weighted by molar-refractivity contribution is 5.99. The number of aromatic carboxylic acids is 1. The van der Waals surface area contributed by atoms with Crippen molar-refractivity contribution < 1.29 is 33.9 Å². The molecular formula is C23H18N6O9. The number of nitrogens with one attached hydrogen (secondary N) is 3. The topological polar surface area (TPSA) is 219 Å². The van der Waals surface area contributed by atoms with Crippen molar-refractivity contribution in [3.05, 3.63) is 80.0 Å². The number of carboxylic acid groups (broad SMARTS) is 1. The second kappa shape index (κ2) is 10.6. The molecule has 15 nitrogen and oxygen atoms in total. The summed E-state index contributed by atoms with van der Waals surface area (Å²) < 4.78 is 10.1. The number of nitro groups is 1. The van der Waals surface area contributed by atoms with Crippen LogP contribution in [0.15, 0.2) is 47.4 Å². The van der Waals surface area contributed by atoms with Gasteiger partial charge in [-0.1, -0.05) is 12.1 Å². The van der Waals surface area contributed by atoms with Crippen LogP contribution >= 0.6 is 0 Å². The predicted octanol–water partition coefficient (Wildman–Crippen LogP) is 2.84. The second-order valence-corrected chi connectivity index (χ2v) is 7.59. The third-order valence-electron chi connectivity index (χ3n) is 5.11. The van der Waals surface area contributed by atoms with Crippen LogP contribution in [0.3, 0.4) is 0 Å². The number of carbonyl (C=O) groups excluding carboxylic acids is 2. The van der Waals surface area contributed by atoms with Gasteiger partial charge in [0.05, 0.1) is 51.3 Å². The van der Waals surface area contributed by atoms with E-state index in [1.54, 1.807) is 19.1 Å². The van der Waals surface area contributed by atoms with E-state index in [4.69, 9.17) is 14.6 Å². The van der Waals surface area contributed by atoms with E-state index >= 15 is 0 Å². The van der Waals surface area contributed by atoms with Crippen molar-refractivity contribution in [2.24, 2.45) is 0 Å². The fourth-order valence-electron chi connectivity index (χ4n) is 3.45. The number of aromatic nitrogens is 4. The summed E-state index contributed by atoms with van der Waals surface area (Å²) in [5, 5.41) is 23.3. The number of esters is 1. The first kappa shape index (κ1) is 25.5. The number of carbonyl (C=O) groups is 3. The van der Waals surface area contributed by atoms with Crippen molar-refractivity contribution in [3.63, 3.8) is 0 Å². The highest BCUT2D eigenvalue weighted by Crippen LogP contribution is 2.31. The zero-order chi connectivity index (χ0) is 27.4. The Bertz CT molecular complexity index is 1640. The molecule has 0 saturated carbocycles. The molecule has 38 heavy (non-hydrogen) atoms. The number of anilines is 1. The minimum Gasteiger partial charge on any atom is -0.476 e. The van der Waals surface area contributed by atoms with E-state index in [0.717, 1.165) is 6.07 Å². The van der Waals surface area contributed by atoms with Crippen molar-refractivity contribution in [2.75, 3.05) is 11.9 Å². The molecule has 1 amide bonds. The molecule has 0 atom stereocenters. The molecule has 2 aromatic carbocycles. The van der Waals surface area contributed by atoms with E-state index in [9.17, 15) is 29.3 Å². The minimum absolute atomic E-state index is 0.00939. The quantitative estimate of drug-likeness (QED) is 0.150. The maximum atomic E-state index is 12.3. The van der Waals surface area contributed by atoms with Crippen LogP contribution in [0.25, 0.3) is 22.4 Å². The van der Waals surface area contributed by atoms with Crippen LogP contribution in [-0.2, 0) is 16.1 Å². The van der Waals surface area contributed by atoms with Gasteiger partial charge < -0.3 is 24.5 Å². The summed E-state index contributed by atoms with van der Waals surface area (Å²) in [6.07, 6.45) is 0.399. The molecule has 4 aromatic rings. The molecule has 0 aliphatic carbocycles. The highest BCUT2D eigenvalue weighted by Gasteiger charge is 2.22. The summed E-state index contributed by atoms with van der Waals surface area (Å²) in [6, 6.07) is 8.44. The largest absolute Gasteiger partial charge is 0.476 e. The summed E-state index contributed by atoms with van der Waals surface area (Å²) in [5.41, 5.74) is -1.73. The zero-order valence-electron chi connectivity index (χ0n) is 19.5. The molecule has 0 radical (unpaired) electrons. The van der Waals surface area contributed by atoms with E-state index in [-0.39, 0.29) is 52.6 Å². The molecule has 194 valence electrons. The lowest BCUT2D eigenvalue weighted by molar-refractivity contribution is -0.384. The number of carboxylic acids is 1. The van der Waals surface area contributed by atoms with Crippen LogP contribution in [0.1, 0.15) is 33.5 Å². The highest BCUT2D eigenvalue weighted by atomic mass is 16.6. The van der Waals surface area contributed by atoms with E-state index in [1.807, 2.05) is 0 Å². The summed E-state index contributed by atoms with van der Waals surface area (Å²) in [5.74, 6) is -2.17. The maximum Gasteiger partial charge on any atom is 0.412 e. The Hall–Kier alpha value is -5.60. The van der Waals surface area contributed by atoms with Crippen molar-refractivity contribution in [3.8, 4) is 11.4 Å². The van der Waals surface area contributed by atoms with Gasteiger partial charge in [-0.3, -0.25) is 20.2 Å². The van der Waals surface area contributed by atoms with E-state index in [1.165, 1.54) is 24.4 Å². The number of hydrogen-bond acceptors (Lipinski definition) is 10. The van der Waals surface area contributed by atoms with Gasteiger partial charge in [-0.15, -0.1) is 0 Å². The number of benzene rings is 2. The van der Waals surface area contributed by atoms with Crippen molar-refractivity contribution in [1.29, 1.82) is 0 Å². The van der Waals surface area contributed by atoms with Gasteiger partial charge in [-0.05, 0) is 25.1 Å². The molecule has 0 aliphatic rings. The number of fused-ring (bicyclic) bond motifs is 1. The Morgan fingerprint density at radius 2 is 1.92 bits per heavy atom. The van der Waals surface area contributed by atoms with E-state index in [2.05, 4.69) is 25.3 Å². The Morgan fingerprint density at radius 1 is 1.16 bits per heavy atom. The Kier molecular flexibility index (Phi) is 7.09. The molecular weight excluding hydrogens is 504 g/mol. The number of H-pyrrole nitrogens is 2. The summed E-state index contributed by atoms with van der Waals surface area (Å²) in [7, 11) is 0. The lowest BCUT2D eigenvalue weighted by Crippen LogP contribution is -2.19. The average molecular weight is 522 g/mol. The number of para-hydroxylation sites is 1. The van der Waals surface area contributed by atoms with Gasteiger partial charge in [0.25, 0.3) is 11.2 Å². The number of rotatable bonds is 8. The normalized spacial score (nSPS) is 10.7. The molecule has 2 heterocycles. The second-order valence-electron chi connectivity index (χ2n) is 7.59. The number of hydrogen-bond donors (Lipinski definition) is 4. The Balaban J connectivity index is 1.54. The summed E-state index contributed by atoms with van der Waals surface area (Å²) in [4.78, 5) is 71.4. The Morgan fingerprint density at radius 3 is 2.63 bits per heavy atom. The number of nitrogens with zero attached hydrogens (tertiary/aromatic N) is 3. The van der Waals surface area contributed by atoms with Crippen molar-refractivity contribution >= 4 is 40.4 Å². The maximum absolute atomic E-state index is 12.3. The van der Waals surface area contributed by atoms with Crippen molar-refractivity contribution in [2.45, 2.75) is 13.5 Å². The van der Waals surface area contributed by atoms with Gasteiger partial charge in [0.2, 0.25) is 5.69 Å². The van der Waals surface area contributed by atoms with Crippen LogP contribution in [0, 0.1) is 10.1 Å². The molecule has 0 saturated heterocycles. The lowest BCUT2D eigenvalue weighted by Gasteiger charge is -2.10. The molecule has 4 rings (SSSR count). The first-order chi connectivity index (χ1) is 18.2. The van der Waals surface area contributed by atoms with Gasteiger partial charge in [0.1, 0.15) is 12.4 Å². The Labute approximate surface area is 211 Å². The third-order valence-corrected chi connectivity index (χ3v) is 5.11. The first-order valence-electron chi connectivity index (χ1n) is 10.9. The van der Waals surface area contributed by atoms with E-state index < -0.39 is 39.9 Å². The minimum atomic E-state index is -1.56. The number of aromatic amines is 2. The molecule has 0 spiro atoms. The lowest BCUT2D eigenvalue weighted by atomic mass is 10.1. The van der Waals surface area contributed by atoms with Gasteiger partial charge in [-0.25, -0.2) is 24.4 Å². The van der Waals surface area contributed by atoms with Crippen molar-refractivity contribution in [1.82, 2.24) is 19.9 Å². The third kappa shape index (κ3) is 5.30. The number of amides is 1. The molecule has 0 bridgehead atoms. The van der Waals surface area contributed by atoms with Crippen LogP contribution in [0.5, 0.6) is 0 Å². The first-order valence-corrected chi connectivity index (χ1v) is 10.9. The molecule has 15 heteroatoms. The molecule has 0 aliphatic heterocycles. The monoisotopic (exact) mass is 522 g/mol. The fourth-order valence-corrected chi connectivity index (χ4v) is 3.45. The number of imidazole rings is 1. The van der Waals surface area contributed by atoms with Crippen LogP contribution in [-0.4, -0.2) is 54.6 Å². The number of ether oxygens (including phenoxy) is 2. The predicted molar refractivity (Wildman–Crippen MR) is 130 cm³/mol. The smallest absolute Gasteiger partial charge is 0.412 e. The standard InChI is InChI=1S/C23H18N6O9/c1-2-37-22(33)12-5-3-4-6-14(12)28-23(34)38-10-11-9-24-19(25-11)13-7-15-16(8-17(13)29(35)36)27-20(30)18(26-15)21(31)32/h3-9H,2,10H2,1H3,(H,24,25)(H,27,30)(H,28,34)(H,31,32). The van der Waals surface area contributed by atoms with E-state index in [0.29, 0.717) is 0 Å². The van der Waals surface area contributed by atoms with Gasteiger partial charge >= 0.3 is 18.0 Å². The van der Waals surface area contributed by atoms with Gasteiger partial charge in [0, 0.05) is 6.07 Å². The average Bonchev–Trinajstić information content (AvgIpc) is 3.35. The molecule has 2 aromatic heterocycles. The van der Waals surface area contributed by atoms with Crippen LogP contribution in [0.2, 0.25) is 0 Å². The molecule has 0 unspecified atom stereocenters. The summed E-state index contributed by atoms with van der Waals surface area (Å²) in [6.45, 7) is 1.50. The fraction of sp³-hybridized carbons (Fsp3) is 0.130. The van der Waals surface area contributed by atoms with Crippen LogP contribution in [0.4, 0.5) is 16.2 Å².